The fourth-order valence-corrected chi connectivity index (χ4v) is 3.64. The quantitative estimate of drug-likeness (QED) is 0.448. The summed E-state index contributed by atoms with van der Waals surface area (Å²) in [6.45, 7) is 2.23. The number of hydrogen-bond donors (Lipinski definition) is 2. The molecule has 1 aliphatic heterocycles. The molecule has 1 aliphatic rings. The molecule has 1 saturated heterocycles. The second-order valence-corrected chi connectivity index (χ2v) is 8.06. The van der Waals surface area contributed by atoms with E-state index in [1.165, 1.54) is 13.3 Å². The van der Waals surface area contributed by atoms with E-state index in [4.69, 9.17) is 21.1 Å². The monoisotopic (exact) mass is 519 g/mol. The second kappa shape index (κ2) is 12.1. The van der Waals surface area contributed by atoms with Gasteiger partial charge >= 0.3 is 6.18 Å². The molecule has 0 aliphatic carbocycles. The molecule has 0 bridgehead atoms. The van der Waals surface area contributed by atoms with E-state index in [0.717, 1.165) is 6.20 Å². The number of amides is 1. The van der Waals surface area contributed by atoms with E-state index in [0.29, 0.717) is 37.1 Å². The van der Waals surface area contributed by atoms with Gasteiger partial charge in [-0.2, -0.15) is 18.3 Å². The SMILES string of the molecule is COC[C@@H](COCCC(=O)N1CCN(c2cnc(Cl)cn2)CC1)Nc1cn[nH]c(=O)c1C(F)(F)F. The van der Waals surface area contributed by atoms with E-state index in [2.05, 4.69) is 20.4 Å². The number of halogens is 4. The maximum atomic E-state index is 13.2. The van der Waals surface area contributed by atoms with Crippen LogP contribution in [-0.4, -0.2) is 90.1 Å². The summed E-state index contributed by atoms with van der Waals surface area (Å²) < 4.78 is 50.3. The molecular weight excluding hydrogens is 495 g/mol. The van der Waals surface area contributed by atoms with Gasteiger partial charge in [0.25, 0.3) is 5.56 Å². The number of nitrogens with one attached hydrogen (secondary N) is 2. The Kier molecular flexibility index (Phi) is 9.23. The van der Waals surface area contributed by atoms with Crippen molar-refractivity contribution in [2.24, 2.45) is 0 Å². The van der Waals surface area contributed by atoms with Gasteiger partial charge in [-0.3, -0.25) is 9.59 Å². The number of piperazine rings is 1. The molecule has 1 fully saturated rings. The van der Waals surface area contributed by atoms with Crippen LogP contribution in [-0.2, 0) is 20.4 Å². The molecule has 2 aromatic rings. The first-order chi connectivity index (χ1) is 16.7. The number of H-pyrrole nitrogens is 1. The molecule has 0 radical (unpaired) electrons. The number of hydrogen-bond acceptors (Lipinski definition) is 9. The highest BCUT2D eigenvalue weighted by Gasteiger charge is 2.37. The summed E-state index contributed by atoms with van der Waals surface area (Å²) in [5.41, 5.74) is -3.22. The molecule has 3 heterocycles. The number of aromatic amines is 1. The molecule has 11 nitrogen and oxygen atoms in total. The van der Waals surface area contributed by atoms with Gasteiger partial charge in [0.1, 0.15) is 16.5 Å². The first-order valence-electron chi connectivity index (χ1n) is 10.7. The van der Waals surface area contributed by atoms with Crippen molar-refractivity contribution in [1.82, 2.24) is 25.1 Å². The summed E-state index contributed by atoms with van der Waals surface area (Å²) in [4.78, 5) is 36.1. The Morgan fingerprint density at radius 1 is 1.20 bits per heavy atom. The van der Waals surface area contributed by atoms with E-state index in [1.54, 1.807) is 16.2 Å². The molecule has 0 saturated carbocycles. The minimum absolute atomic E-state index is 0.00753. The molecule has 0 unspecified atom stereocenters. The van der Waals surface area contributed by atoms with E-state index in [9.17, 15) is 22.8 Å². The zero-order chi connectivity index (χ0) is 25.4. The van der Waals surface area contributed by atoms with E-state index < -0.39 is 29.0 Å². The van der Waals surface area contributed by atoms with Crippen LogP contribution in [0.2, 0.25) is 5.15 Å². The van der Waals surface area contributed by atoms with Crippen molar-refractivity contribution < 1.29 is 27.4 Å². The Labute approximate surface area is 203 Å². The zero-order valence-corrected chi connectivity index (χ0v) is 19.6. The molecule has 0 spiro atoms. The predicted molar refractivity (Wildman–Crippen MR) is 120 cm³/mol. The molecular formula is C20H25ClF3N7O4. The van der Waals surface area contributed by atoms with E-state index in [1.807, 2.05) is 4.90 Å². The average Bonchev–Trinajstić information content (AvgIpc) is 2.81. The summed E-state index contributed by atoms with van der Waals surface area (Å²) in [5, 5.41) is 8.10. The van der Waals surface area contributed by atoms with Gasteiger partial charge in [-0.05, 0) is 0 Å². The second-order valence-electron chi connectivity index (χ2n) is 7.67. The van der Waals surface area contributed by atoms with Crippen molar-refractivity contribution in [2.45, 2.75) is 18.6 Å². The van der Waals surface area contributed by atoms with Gasteiger partial charge in [-0.1, -0.05) is 11.6 Å². The van der Waals surface area contributed by atoms with Gasteiger partial charge in [0.15, 0.2) is 0 Å². The Hall–Kier alpha value is -2.97. The first kappa shape index (κ1) is 26.6. The Morgan fingerprint density at radius 2 is 1.94 bits per heavy atom. The molecule has 35 heavy (non-hydrogen) atoms. The van der Waals surface area contributed by atoms with Crippen molar-refractivity contribution >= 4 is 29.0 Å². The number of aromatic nitrogens is 4. The van der Waals surface area contributed by atoms with Crippen molar-refractivity contribution in [2.75, 3.05) is 63.3 Å². The highest BCUT2D eigenvalue weighted by atomic mass is 35.5. The van der Waals surface area contributed by atoms with Crippen molar-refractivity contribution in [3.8, 4) is 0 Å². The van der Waals surface area contributed by atoms with Crippen LogP contribution in [0, 0.1) is 0 Å². The minimum Gasteiger partial charge on any atom is -0.382 e. The van der Waals surface area contributed by atoms with Gasteiger partial charge in [0, 0.05) is 33.3 Å². The molecule has 192 valence electrons. The lowest BCUT2D eigenvalue weighted by atomic mass is 10.2. The molecule has 1 atom stereocenters. The third kappa shape index (κ3) is 7.50. The summed E-state index contributed by atoms with van der Waals surface area (Å²) in [6, 6.07) is -0.705. The van der Waals surface area contributed by atoms with Crippen LogP contribution in [0.25, 0.3) is 0 Å². The number of nitrogens with zero attached hydrogens (tertiary/aromatic N) is 5. The minimum atomic E-state index is -4.87. The van der Waals surface area contributed by atoms with Crippen molar-refractivity contribution in [3.63, 3.8) is 0 Å². The fourth-order valence-electron chi connectivity index (χ4n) is 3.54. The van der Waals surface area contributed by atoms with Gasteiger partial charge in [-0.25, -0.2) is 15.1 Å². The van der Waals surface area contributed by atoms with Crippen LogP contribution in [0.1, 0.15) is 12.0 Å². The molecule has 2 N–H and O–H groups in total. The van der Waals surface area contributed by atoms with Crippen LogP contribution < -0.4 is 15.8 Å². The standard InChI is InChI=1S/C20H25ClF3N7O4/c1-34-11-13(28-14-8-27-29-19(33)18(14)20(22,23)24)12-35-7-2-17(32)31-5-3-30(4-6-31)16-10-25-15(21)9-26-16/h8-10,13H,2-7,11-12H2,1H3,(H2,28,29,33)/t13-/m0/s1. The lowest BCUT2D eigenvalue weighted by Gasteiger charge is -2.35. The number of carbonyl (C=O) groups is 1. The number of methoxy groups -OCH3 is 1. The third-order valence-electron chi connectivity index (χ3n) is 5.21. The van der Waals surface area contributed by atoms with Gasteiger partial charge in [-0.15, -0.1) is 0 Å². The molecule has 1 amide bonds. The topological polar surface area (TPSA) is 126 Å². The summed E-state index contributed by atoms with van der Waals surface area (Å²) in [6.07, 6.45) is -0.828. The summed E-state index contributed by atoms with van der Waals surface area (Å²) in [5.74, 6) is 0.590. The Bertz CT molecular complexity index is 1030. The summed E-state index contributed by atoms with van der Waals surface area (Å²) in [7, 11) is 1.38. The maximum absolute atomic E-state index is 13.2. The number of anilines is 2. The van der Waals surface area contributed by atoms with E-state index in [-0.39, 0.29) is 32.1 Å². The third-order valence-corrected chi connectivity index (χ3v) is 5.40. The normalized spacial score (nSPS) is 15.2. The first-order valence-corrected chi connectivity index (χ1v) is 11.0. The van der Waals surface area contributed by atoms with E-state index >= 15 is 0 Å². The lowest BCUT2D eigenvalue weighted by Crippen LogP contribution is -2.49. The fraction of sp³-hybridized carbons (Fsp3) is 0.550. The molecule has 3 rings (SSSR count). The van der Waals surface area contributed by atoms with Crippen LogP contribution >= 0.6 is 11.6 Å². The number of alkyl halides is 3. The van der Waals surface area contributed by atoms with Crippen molar-refractivity contribution in [3.05, 3.63) is 39.7 Å². The summed E-state index contributed by atoms with van der Waals surface area (Å²) >= 11 is 5.75. The predicted octanol–water partition coefficient (Wildman–Crippen LogP) is 1.41. The zero-order valence-electron chi connectivity index (χ0n) is 18.8. The van der Waals surface area contributed by atoms with Crippen molar-refractivity contribution in [1.29, 1.82) is 0 Å². The largest absolute Gasteiger partial charge is 0.423 e. The Balaban J connectivity index is 1.45. The van der Waals surface area contributed by atoms with Gasteiger partial charge < -0.3 is 24.6 Å². The smallest absolute Gasteiger partial charge is 0.382 e. The van der Waals surface area contributed by atoms with Gasteiger partial charge in [0.2, 0.25) is 5.91 Å². The van der Waals surface area contributed by atoms with Crippen LogP contribution in [0.4, 0.5) is 24.7 Å². The van der Waals surface area contributed by atoms with Crippen LogP contribution in [0.15, 0.2) is 23.4 Å². The molecule has 0 aromatic carbocycles. The highest BCUT2D eigenvalue weighted by molar-refractivity contribution is 6.29. The number of carbonyl (C=O) groups excluding carboxylic acids is 1. The van der Waals surface area contributed by atoms with Gasteiger partial charge in [0.05, 0.1) is 56.6 Å². The maximum Gasteiger partial charge on any atom is 0.423 e. The van der Waals surface area contributed by atoms with Crippen LogP contribution in [0.3, 0.4) is 0 Å². The Morgan fingerprint density at radius 3 is 2.57 bits per heavy atom. The number of rotatable bonds is 10. The average molecular weight is 520 g/mol. The lowest BCUT2D eigenvalue weighted by molar-refractivity contribution is -0.138. The highest BCUT2D eigenvalue weighted by Crippen LogP contribution is 2.31. The molecule has 15 heteroatoms. The number of ether oxygens (including phenoxy) is 2. The van der Waals surface area contributed by atoms with Crippen LogP contribution in [0.5, 0.6) is 0 Å². The molecule has 2 aromatic heterocycles.